The standard InChI is InChI=1S/C13H13BrN4O/c1-2-16-13(19)9-5-17-18-11(9)4-3-8-10(14)6-15-7-12(8)18/h5-7H,2-4H2,1H3,(H,16,19). The van der Waals surface area contributed by atoms with Gasteiger partial charge in [0, 0.05) is 17.2 Å². The first-order valence-corrected chi connectivity index (χ1v) is 6.99. The van der Waals surface area contributed by atoms with Crippen LogP contribution in [0.15, 0.2) is 23.1 Å². The molecule has 1 aliphatic heterocycles. The molecule has 19 heavy (non-hydrogen) atoms. The number of amides is 1. The van der Waals surface area contributed by atoms with Gasteiger partial charge >= 0.3 is 0 Å². The molecule has 0 spiro atoms. The molecule has 3 rings (SSSR count). The summed E-state index contributed by atoms with van der Waals surface area (Å²) in [4.78, 5) is 16.1. The van der Waals surface area contributed by atoms with Gasteiger partial charge in [-0.3, -0.25) is 9.78 Å². The average molecular weight is 321 g/mol. The number of carbonyl (C=O) groups is 1. The van der Waals surface area contributed by atoms with Crippen LogP contribution in [0.1, 0.15) is 28.5 Å². The molecule has 98 valence electrons. The van der Waals surface area contributed by atoms with E-state index in [9.17, 15) is 4.79 Å². The van der Waals surface area contributed by atoms with E-state index >= 15 is 0 Å². The van der Waals surface area contributed by atoms with E-state index in [1.54, 1.807) is 18.6 Å². The molecule has 0 saturated carbocycles. The first-order valence-electron chi connectivity index (χ1n) is 6.20. The van der Waals surface area contributed by atoms with Crippen molar-refractivity contribution in [3.05, 3.63) is 39.9 Å². The van der Waals surface area contributed by atoms with Gasteiger partial charge < -0.3 is 5.32 Å². The molecule has 1 aliphatic rings. The minimum absolute atomic E-state index is 0.0600. The van der Waals surface area contributed by atoms with E-state index in [0.717, 1.165) is 28.7 Å². The Hall–Kier alpha value is -1.69. The van der Waals surface area contributed by atoms with Crippen LogP contribution in [0.5, 0.6) is 0 Å². The Kier molecular flexibility index (Phi) is 3.10. The third-order valence-corrected chi connectivity index (χ3v) is 3.96. The smallest absolute Gasteiger partial charge is 0.254 e. The lowest BCUT2D eigenvalue weighted by Crippen LogP contribution is -2.24. The van der Waals surface area contributed by atoms with Crippen molar-refractivity contribution in [2.24, 2.45) is 0 Å². The predicted octanol–water partition coefficient (Wildman–Crippen LogP) is 1.88. The molecule has 0 bridgehead atoms. The summed E-state index contributed by atoms with van der Waals surface area (Å²) >= 11 is 3.51. The number of nitrogens with one attached hydrogen (secondary N) is 1. The first-order chi connectivity index (χ1) is 9.22. The topological polar surface area (TPSA) is 59.8 Å². The van der Waals surface area contributed by atoms with Crippen LogP contribution in [0.2, 0.25) is 0 Å². The number of rotatable bonds is 2. The fourth-order valence-electron chi connectivity index (χ4n) is 2.39. The molecule has 1 N–H and O–H groups in total. The SMILES string of the molecule is CCNC(=O)c1cnn2c1CCc1c(Br)cncc1-2. The van der Waals surface area contributed by atoms with Crippen LogP contribution in [-0.4, -0.2) is 27.2 Å². The second-order valence-electron chi connectivity index (χ2n) is 4.40. The van der Waals surface area contributed by atoms with Crippen molar-refractivity contribution >= 4 is 21.8 Å². The van der Waals surface area contributed by atoms with E-state index in [2.05, 4.69) is 31.3 Å². The van der Waals surface area contributed by atoms with Gasteiger partial charge in [0.05, 0.1) is 29.3 Å². The van der Waals surface area contributed by atoms with Gasteiger partial charge in [-0.05, 0) is 41.3 Å². The number of nitrogens with zero attached hydrogens (tertiary/aromatic N) is 3. The monoisotopic (exact) mass is 320 g/mol. The van der Waals surface area contributed by atoms with Crippen molar-refractivity contribution in [1.82, 2.24) is 20.1 Å². The zero-order valence-corrected chi connectivity index (χ0v) is 12.1. The third kappa shape index (κ3) is 1.96. The minimum atomic E-state index is -0.0600. The lowest BCUT2D eigenvalue weighted by Gasteiger charge is -2.19. The molecule has 1 amide bonds. The third-order valence-electron chi connectivity index (χ3n) is 3.27. The number of hydrogen-bond acceptors (Lipinski definition) is 3. The summed E-state index contributed by atoms with van der Waals surface area (Å²) in [5.74, 6) is -0.0600. The van der Waals surface area contributed by atoms with Crippen LogP contribution in [0.4, 0.5) is 0 Å². The summed E-state index contributed by atoms with van der Waals surface area (Å²) in [6.07, 6.45) is 6.91. The summed E-state index contributed by atoms with van der Waals surface area (Å²) in [7, 11) is 0. The Balaban J connectivity index is 2.10. The summed E-state index contributed by atoms with van der Waals surface area (Å²) in [6.45, 7) is 2.53. The molecule has 0 aliphatic carbocycles. The van der Waals surface area contributed by atoms with Crippen molar-refractivity contribution < 1.29 is 4.79 Å². The molecule has 2 aromatic heterocycles. The zero-order valence-electron chi connectivity index (χ0n) is 10.5. The minimum Gasteiger partial charge on any atom is -0.352 e. The number of fused-ring (bicyclic) bond motifs is 3. The Morgan fingerprint density at radius 2 is 2.26 bits per heavy atom. The van der Waals surface area contributed by atoms with Crippen LogP contribution >= 0.6 is 15.9 Å². The van der Waals surface area contributed by atoms with Crippen LogP contribution in [0, 0.1) is 0 Å². The largest absolute Gasteiger partial charge is 0.352 e. The molecular weight excluding hydrogens is 308 g/mol. The number of aromatic nitrogens is 3. The van der Waals surface area contributed by atoms with Crippen molar-refractivity contribution in [3.63, 3.8) is 0 Å². The zero-order chi connectivity index (χ0) is 13.4. The number of hydrogen-bond donors (Lipinski definition) is 1. The predicted molar refractivity (Wildman–Crippen MR) is 74.5 cm³/mol. The van der Waals surface area contributed by atoms with Crippen molar-refractivity contribution in [2.45, 2.75) is 19.8 Å². The molecular formula is C13H13BrN4O. The van der Waals surface area contributed by atoms with E-state index in [1.165, 1.54) is 5.56 Å². The molecule has 0 aromatic carbocycles. The number of halogens is 1. The van der Waals surface area contributed by atoms with Gasteiger partial charge in [0.15, 0.2) is 0 Å². The number of pyridine rings is 1. The Morgan fingerprint density at radius 3 is 3.05 bits per heavy atom. The van der Waals surface area contributed by atoms with E-state index in [-0.39, 0.29) is 5.91 Å². The van der Waals surface area contributed by atoms with Crippen LogP contribution in [-0.2, 0) is 12.8 Å². The Labute approximate surface area is 119 Å². The normalized spacial score (nSPS) is 12.7. The highest BCUT2D eigenvalue weighted by Gasteiger charge is 2.24. The lowest BCUT2D eigenvalue weighted by molar-refractivity contribution is 0.0955. The van der Waals surface area contributed by atoms with E-state index < -0.39 is 0 Å². The second-order valence-corrected chi connectivity index (χ2v) is 5.25. The maximum absolute atomic E-state index is 12.0. The van der Waals surface area contributed by atoms with Gasteiger partial charge in [-0.1, -0.05) is 0 Å². The maximum atomic E-state index is 12.0. The van der Waals surface area contributed by atoms with E-state index in [4.69, 9.17) is 0 Å². The van der Waals surface area contributed by atoms with Gasteiger partial charge in [0.2, 0.25) is 0 Å². The van der Waals surface area contributed by atoms with Crippen molar-refractivity contribution in [1.29, 1.82) is 0 Å². The highest BCUT2D eigenvalue weighted by molar-refractivity contribution is 9.10. The second kappa shape index (κ2) is 4.77. The number of carbonyl (C=O) groups excluding carboxylic acids is 1. The Morgan fingerprint density at radius 1 is 1.42 bits per heavy atom. The summed E-state index contributed by atoms with van der Waals surface area (Å²) in [5.41, 5.74) is 3.75. The van der Waals surface area contributed by atoms with E-state index in [1.807, 2.05) is 11.6 Å². The van der Waals surface area contributed by atoms with Crippen LogP contribution < -0.4 is 5.32 Å². The molecule has 0 unspecified atom stereocenters. The van der Waals surface area contributed by atoms with Crippen molar-refractivity contribution in [3.8, 4) is 5.69 Å². The van der Waals surface area contributed by atoms with Crippen LogP contribution in [0.3, 0.4) is 0 Å². The molecule has 6 heteroatoms. The first kappa shape index (κ1) is 12.3. The quantitative estimate of drug-likeness (QED) is 0.919. The summed E-state index contributed by atoms with van der Waals surface area (Å²) in [5, 5.41) is 7.15. The van der Waals surface area contributed by atoms with E-state index in [0.29, 0.717) is 12.1 Å². The van der Waals surface area contributed by atoms with Gasteiger partial charge in [-0.2, -0.15) is 5.10 Å². The summed E-state index contributed by atoms with van der Waals surface area (Å²) in [6, 6.07) is 0. The molecule has 0 fully saturated rings. The van der Waals surface area contributed by atoms with Gasteiger partial charge in [0.1, 0.15) is 0 Å². The van der Waals surface area contributed by atoms with Crippen molar-refractivity contribution in [2.75, 3.05) is 6.54 Å². The highest BCUT2D eigenvalue weighted by Crippen LogP contribution is 2.30. The summed E-state index contributed by atoms with van der Waals surface area (Å²) < 4.78 is 2.81. The Bertz CT molecular complexity index is 650. The molecule has 0 saturated heterocycles. The fourth-order valence-corrected chi connectivity index (χ4v) is 2.91. The average Bonchev–Trinajstić information content (AvgIpc) is 2.83. The highest BCUT2D eigenvalue weighted by atomic mass is 79.9. The van der Waals surface area contributed by atoms with Crippen LogP contribution in [0.25, 0.3) is 5.69 Å². The lowest BCUT2D eigenvalue weighted by atomic mass is 10.0. The molecule has 0 radical (unpaired) electrons. The molecule has 5 nitrogen and oxygen atoms in total. The van der Waals surface area contributed by atoms with Gasteiger partial charge in [-0.25, -0.2) is 4.68 Å². The molecule has 2 aromatic rings. The van der Waals surface area contributed by atoms with Gasteiger partial charge in [0.25, 0.3) is 5.91 Å². The molecule has 0 atom stereocenters. The molecule has 3 heterocycles. The maximum Gasteiger partial charge on any atom is 0.254 e. The van der Waals surface area contributed by atoms with Gasteiger partial charge in [-0.15, -0.1) is 0 Å². The fraction of sp³-hybridized carbons (Fsp3) is 0.308.